The zero-order chi connectivity index (χ0) is 11.8. The van der Waals surface area contributed by atoms with Gasteiger partial charge in [0.2, 0.25) is 0 Å². The van der Waals surface area contributed by atoms with Crippen molar-refractivity contribution in [1.82, 2.24) is 0 Å². The number of fused-ring (bicyclic) bond motifs is 2. The fourth-order valence-corrected chi connectivity index (χ4v) is 2.57. The molecule has 1 aliphatic rings. The minimum Gasteiger partial charge on any atom is -0.0905 e. The molecule has 0 bridgehead atoms. The first kappa shape index (κ1) is 10.5. The summed E-state index contributed by atoms with van der Waals surface area (Å²) in [4.78, 5) is 0. The Kier molecular flexibility index (Phi) is 2.49. The summed E-state index contributed by atoms with van der Waals surface area (Å²) in [5.74, 6) is 0. The fourth-order valence-electron chi connectivity index (χ4n) is 2.19. The summed E-state index contributed by atoms with van der Waals surface area (Å²) < 4.78 is 1.10. The Balaban J connectivity index is 2.28. The Bertz CT molecular complexity index is 636. The highest BCUT2D eigenvalue weighted by Gasteiger charge is 2.12. The van der Waals surface area contributed by atoms with E-state index in [1.165, 1.54) is 22.3 Å². The second-order valence-corrected chi connectivity index (χ2v) is 5.05. The molecule has 0 N–H and O–H groups in total. The van der Waals surface area contributed by atoms with Crippen LogP contribution in [0, 0.1) is 0 Å². The van der Waals surface area contributed by atoms with Gasteiger partial charge in [-0.2, -0.15) is 0 Å². The molecule has 0 amide bonds. The minimum absolute atomic E-state index is 1.09. The standard InChI is InChI=1S/C16H11Br/c1-11-15-5-3-2-4-12(15)6-7-13-10-14(17)8-9-16(11)13/h2-10H,1H2. The maximum Gasteiger partial charge on any atom is 0.0181 e. The number of halogens is 1. The van der Waals surface area contributed by atoms with Gasteiger partial charge >= 0.3 is 0 Å². The van der Waals surface area contributed by atoms with Crippen LogP contribution in [0.5, 0.6) is 0 Å². The zero-order valence-corrected chi connectivity index (χ0v) is 10.9. The molecule has 0 radical (unpaired) electrons. The average molecular weight is 283 g/mol. The smallest absolute Gasteiger partial charge is 0.0181 e. The van der Waals surface area contributed by atoms with E-state index in [4.69, 9.17) is 0 Å². The molecule has 0 aromatic heterocycles. The van der Waals surface area contributed by atoms with Crippen molar-refractivity contribution in [1.29, 1.82) is 0 Å². The van der Waals surface area contributed by atoms with Gasteiger partial charge in [-0.15, -0.1) is 0 Å². The van der Waals surface area contributed by atoms with Gasteiger partial charge in [-0.05, 0) is 40.0 Å². The summed E-state index contributed by atoms with van der Waals surface area (Å²) in [7, 11) is 0. The first-order valence-electron chi connectivity index (χ1n) is 5.52. The van der Waals surface area contributed by atoms with E-state index in [2.05, 4.69) is 77.1 Å². The third kappa shape index (κ3) is 1.77. The molecular formula is C16H11Br. The maximum atomic E-state index is 4.23. The Labute approximate surface area is 109 Å². The van der Waals surface area contributed by atoms with E-state index in [0.29, 0.717) is 0 Å². The van der Waals surface area contributed by atoms with Crippen LogP contribution in [0.25, 0.3) is 17.7 Å². The van der Waals surface area contributed by atoms with Crippen LogP contribution >= 0.6 is 15.9 Å². The lowest BCUT2D eigenvalue weighted by molar-refractivity contribution is 1.52. The number of hydrogen-bond donors (Lipinski definition) is 0. The quantitative estimate of drug-likeness (QED) is 0.545. The van der Waals surface area contributed by atoms with E-state index in [9.17, 15) is 0 Å². The Hall–Kier alpha value is -1.60. The molecule has 0 saturated heterocycles. The van der Waals surface area contributed by atoms with Gasteiger partial charge in [0.1, 0.15) is 0 Å². The van der Waals surface area contributed by atoms with Crippen molar-refractivity contribution < 1.29 is 0 Å². The van der Waals surface area contributed by atoms with Crippen molar-refractivity contribution in [2.45, 2.75) is 0 Å². The van der Waals surface area contributed by atoms with Gasteiger partial charge in [0.05, 0.1) is 0 Å². The van der Waals surface area contributed by atoms with E-state index in [0.717, 1.165) is 10.0 Å². The van der Waals surface area contributed by atoms with Gasteiger partial charge < -0.3 is 0 Å². The molecule has 0 fully saturated rings. The molecule has 0 aliphatic heterocycles. The maximum absolute atomic E-state index is 4.23. The van der Waals surface area contributed by atoms with Crippen LogP contribution in [-0.4, -0.2) is 0 Å². The third-order valence-corrected chi connectivity index (χ3v) is 3.56. The minimum atomic E-state index is 1.09. The fraction of sp³-hybridized carbons (Fsp3) is 0. The normalized spacial score (nSPS) is 12.9. The van der Waals surface area contributed by atoms with Crippen LogP contribution in [0.4, 0.5) is 0 Å². The summed E-state index contributed by atoms with van der Waals surface area (Å²) in [6.07, 6.45) is 4.30. The number of hydrogen-bond acceptors (Lipinski definition) is 0. The van der Waals surface area contributed by atoms with Crippen LogP contribution in [0.1, 0.15) is 22.3 Å². The van der Waals surface area contributed by atoms with Crippen LogP contribution in [0.3, 0.4) is 0 Å². The third-order valence-electron chi connectivity index (χ3n) is 3.07. The molecular weight excluding hydrogens is 272 g/mol. The van der Waals surface area contributed by atoms with E-state index in [1.807, 2.05) is 0 Å². The predicted octanol–water partition coefficient (Wildman–Crippen LogP) is 4.99. The van der Waals surface area contributed by atoms with Gasteiger partial charge in [-0.25, -0.2) is 0 Å². The first-order valence-corrected chi connectivity index (χ1v) is 6.31. The molecule has 82 valence electrons. The second kappa shape index (κ2) is 4.01. The average Bonchev–Trinajstić information content (AvgIpc) is 2.48. The largest absolute Gasteiger partial charge is 0.0905 e. The number of rotatable bonds is 0. The van der Waals surface area contributed by atoms with Crippen molar-refractivity contribution >= 4 is 33.7 Å². The van der Waals surface area contributed by atoms with Crippen molar-refractivity contribution in [3.05, 3.63) is 75.8 Å². The summed E-state index contributed by atoms with van der Waals surface area (Å²) >= 11 is 3.51. The van der Waals surface area contributed by atoms with Crippen molar-refractivity contribution in [3.8, 4) is 0 Å². The summed E-state index contributed by atoms with van der Waals surface area (Å²) in [6.45, 7) is 4.23. The van der Waals surface area contributed by atoms with Crippen LogP contribution in [0.2, 0.25) is 0 Å². The van der Waals surface area contributed by atoms with Gasteiger partial charge in [-0.1, -0.05) is 65.0 Å². The lowest BCUT2D eigenvalue weighted by Crippen LogP contribution is -1.89. The molecule has 2 aromatic rings. The molecule has 0 heterocycles. The van der Waals surface area contributed by atoms with Crippen molar-refractivity contribution in [2.24, 2.45) is 0 Å². The lowest BCUT2D eigenvalue weighted by atomic mass is 9.95. The SMILES string of the molecule is C=C1c2ccccc2C=Cc2cc(Br)ccc21. The van der Waals surface area contributed by atoms with Gasteiger partial charge in [0, 0.05) is 4.47 Å². The van der Waals surface area contributed by atoms with Gasteiger partial charge in [0.15, 0.2) is 0 Å². The van der Waals surface area contributed by atoms with Crippen molar-refractivity contribution in [3.63, 3.8) is 0 Å². The summed E-state index contributed by atoms with van der Waals surface area (Å²) in [5.41, 5.74) is 5.94. The molecule has 0 spiro atoms. The summed E-state index contributed by atoms with van der Waals surface area (Å²) in [5, 5.41) is 0. The lowest BCUT2D eigenvalue weighted by Gasteiger charge is -2.09. The highest BCUT2D eigenvalue weighted by atomic mass is 79.9. The molecule has 1 heteroatoms. The predicted molar refractivity (Wildman–Crippen MR) is 77.6 cm³/mol. The molecule has 1 aliphatic carbocycles. The molecule has 2 aromatic carbocycles. The molecule has 0 atom stereocenters. The number of benzene rings is 2. The van der Waals surface area contributed by atoms with Crippen molar-refractivity contribution in [2.75, 3.05) is 0 Å². The molecule has 0 unspecified atom stereocenters. The van der Waals surface area contributed by atoms with Gasteiger partial charge in [-0.3, -0.25) is 0 Å². The van der Waals surface area contributed by atoms with E-state index < -0.39 is 0 Å². The summed E-state index contributed by atoms with van der Waals surface area (Å²) in [6, 6.07) is 14.7. The monoisotopic (exact) mass is 282 g/mol. The molecule has 17 heavy (non-hydrogen) atoms. The second-order valence-electron chi connectivity index (χ2n) is 4.13. The highest BCUT2D eigenvalue weighted by Crippen LogP contribution is 2.33. The van der Waals surface area contributed by atoms with Crippen LogP contribution in [0.15, 0.2) is 53.5 Å². The first-order chi connectivity index (χ1) is 8.25. The van der Waals surface area contributed by atoms with E-state index in [-0.39, 0.29) is 0 Å². The van der Waals surface area contributed by atoms with Gasteiger partial charge in [0.25, 0.3) is 0 Å². The Morgan fingerprint density at radius 3 is 2.41 bits per heavy atom. The Morgan fingerprint density at radius 2 is 1.53 bits per heavy atom. The molecule has 0 nitrogen and oxygen atoms in total. The zero-order valence-electron chi connectivity index (χ0n) is 9.28. The Morgan fingerprint density at radius 1 is 0.824 bits per heavy atom. The van der Waals surface area contributed by atoms with Crippen LogP contribution < -0.4 is 0 Å². The van der Waals surface area contributed by atoms with E-state index in [1.54, 1.807) is 0 Å². The van der Waals surface area contributed by atoms with Crippen LogP contribution in [-0.2, 0) is 0 Å². The highest BCUT2D eigenvalue weighted by molar-refractivity contribution is 9.10. The molecule has 0 saturated carbocycles. The topological polar surface area (TPSA) is 0 Å². The van der Waals surface area contributed by atoms with E-state index >= 15 is 0 Å². The molecule has 3 rings (SSSR count).